The van der Waals surface area contributed by atoms with E-state index >= 15 is 0 Å². The van der Waals surface area contributed by atoms with E-state index in [0.29, 0.717) is 12.0 Å². The number of nitrogens with two attached hydrogens (primary N) is 1. The van der Waals surface area contributed by atoms with Crippen LogP contribution in [0.5, 0.6) is 0 Å². The van der Waals surface area contributed by atoms with Crippen LogP contribution in [0, 0.1) is 11.8 Å². The SMILES string of the molecule is COC1CCC(C2CCNCC2N)CN1. The van der Waals surface area contributed by atoms with Crippen LogP contribution in [0.3, 0.4) is 0 Å². The second-order valence-electron chi connectivity index (χ2n) is 4.79. The van der Waals surface area contributed by atoms with Gasteiger partial charge in [0, 0.05) is 26.2 Å². The third-order valence-corrected chi connectivity index (χ3v) is 3.88. The van der Waals surface area contributed by atoms with Gasteiger partial charge < -0.3 is 15.8 Å². The van der Waals surface area contributed by atoms with Crippen molar-refractivity contribution in [3.05, 3.63) is 0 Å². The third kappa shape index (κ3) is 2.69. The topological polar surface area (TPSA) is 59.3 Å². The molecule has 2 fully saturated rings. The lowest BCUT2D eigenvalue weighted by molar-refractivity contribution is 0.0253. The third-order valence-electron chi connectivity index (χ3n) is 3.88. The number of piperidine rings is 2. The minimum Gasteiger partial charge on any atom is -0.367 e. The summed E-state index contributed by atoms with van der Waals surface area (Å²) in [6.45, 7) is 3.17. The first-order valence-corrected chi connectivity index (χ1v) is 6.03. The average molecular weight is 213 g/mol. The molecule has 4 unspecified atom stereocenters. The Hall–Kier alpha value is -0.160. The Morgan fingerprint density at radius 1 is 1.20 bits per heavy atom. The van der Waals surface area contributed by atoms with Crippen molar-refractivity contribution in [2.24, 2.45) is 17.6 Å². The minimum absolute atomic E-state index is 0.263. The fraction of sp³-hybridized carbons (Fsp3) is 1.00. The molecule has 0 bridgehead atoms. The van der Waals surface area contributed by atoms with Crippen LogP contribution in [0.4, 0.5) is 0 Å². The molecule has 0 saturated carbocycles. The zero-order valence-electron chi connectivity index (χ0n) is 9.54. The van der Waals surface area contributed by atoms with Gasteiger partial charge in [0.25, 0.3) is 0 Å². The molecule has 2 rings (SSSR count). The standard InChI is InChI=1S/C11H23N3O/c1-15-11-3-2-8(6-14-11)9-4-5-13-7-10(9)12/h8-11,13-14H,2-7,12H2,1H3. The van der Waals surface area contributed by atoms with Crippen LogP contribution in [0.2, 0.25) is 0 Å². The molecule has 0 amide bonds. The van der Waals surface area contributed by atoms with Gasteiger partial charge in [0.05, 0.1) is 0 Å². The van der Waals surface area contributed by atoms with E-state index in [4.69, 9.17) is 10.5 Å². The summed E-state index contributed by atoms with van der Waals surface area (Å²) in [6.07, 6.45) is 3.87. The molecular weight excluding hydrogens is 190 g/mol. The molecule has 2 saturated heterocycles. The summed E-state index contributed by atoms with van der Waals surface area (Å²) < 4.78 is 5.30. The number of ether oxygens (including phenoxy) is 1. The molecule has 4 heteroatoms. The van der Waals surface area contributed by atoms with Crippen molar-refractivity contribution < 1.29 is 4.74 Å². The highest BCUT2D eigenvalue weighted by atomic mass is 16.5. The van der Waals surface area contributed by atoms with Gasteiger partial charge in [-0.15, -0.1) is 0 Å². The number of hydrogen-bond donors (Lipinski definition) is 3. The summed E-state index contributed by atoms with van der Waals surface area (Å²) in [4.78, 5) is 0. The maximum Gasteiger partial charge on any atom is 0.107 e. The van der Waals surface area contributed by atoms with Crippen molar-refractivity contribution in [1.29, 1.82) is 0 Å². The number of rotatable bonds is 2. The van der Waals surface area contributed by atoms with E-state index in [1.54, 1.807) is 7.11 Å². The second kappa shape index (κ2) is 5.25. The Bertz CT molecular complexity index is 192. The fourth-order valence-electron chi connectivity index (χ4n) is 2.91. The molecule has 4 atom stereocenters. The molecule has 0 spiro atoms. The molecule has 0 radical (unpaired) electrons. The van der Waals surface area contributed by atoms with Gasteiger partial charge in [-0.05, 0) is 37.6 Å². The van der Waals surface area contributed by atoms with Crippen LogP contribution in [-0.4, -0.2) is 39.0 Å². The highest BCUT2D eigenvalue weighted by Gasteiger charge is 2.32. The van der Waals surface area contributed by atoms with Crippen LogP contribution < -0.4 is 16.4 Å². The normalized spacial score (nSPS) is 42.8. The molecule has 0 aromatic heterocycles. The summed E-state index contributed by atoms with van der Waals surface area (Å²) in [5.74, 6) is 1.44. The lowest BCUT2D eigenvalue weighted by atomic mass is 9.78. The number of nitrogens with one attached hydrogen (secondary N) is 2. The molecule has 0 aliphatic carbocycles. The van der Waals surface area contributed by atoms with Crippen molar-refractivity contribution in [1.82, 2.24) is 10.6 Å². The lowest BCUT2D eigenvalue weighted by Gasteiger charge is -2.39. The van der Waals surface area contributed by atoms with Gasteiger partial charge in [-0.1, -0.05) is 0 Å². The first-order chi connectivity index (χ1) is 7.31. The van der Waals surface area contributed by atoms with Crippen molar-refractivity contribution in [2.75, 3.05) is 26.7 Å². The maximum atomic E-state index is 6.16. The van der Waals surface area contributed by atoms with Crippen molar-refractivity contribution in [2.45, 2.75) is 31.5 Å². The summed E-state index contributed by atoms with van der Waals surface area (Å²) in [5, 5.41) is 6.79. The maximum absolute atomic E-state index is 6.16. The van der Waals surface area contributed by atoms with Gasteiger partial charge in [-0.25, -0.2) is 0 Å². The van der Waals surface area contributed by atoms with Gasteiger partial charge in [0.15, 0.2) is 0 Å². The quantitative estimate of drug-likeness (QED) is 0.599. The number of methoxy groups -OCH3 is 1. The van der Waals surface area contributed by atoms with Crippen LogP contribution in [0.1, 0.15) is 19.3 Å². The van der Waals surface area contributed by atoms with E-state index < -0.39 is 0 Å². The Balaban J connectivity index is 1.83. The zero-order chi connectivity index (χ0) is 10.7. The molecule has 2 aliphatic rings. The van der Waals surface area contributed by atoms with Crippen molar-refractivity contribution in [3.63, 3.8) is 0 Å². The Labute approximate surface area is 91.9 Å². The monoisotopic (exact) mass is 213 g/mol. The van der Waals surface area contributed by atoms with E-state index in [0.717, 1.165) is 32.0 Å². The van der Waals surface area contributed by atoms with Crippen molar-refractivity contribution in [3.8, 4) is 0 Å². The van der Waals surface area contributed by atoms with Gasteiger partial charge in [-0.2, -0.15) is 0 Å². The minimum atomic E-state index is 0.263. The van der Waals surface area contributed by atoms with Crippen LogP contribution in [0.15, 0.2) is 0 Å². The number of hydrogen-bond acceptors (Lipinski definition) is 4. The highest BCUT2D eigenvalue weighted by molar-refractivity contribution is 4.88. The Morgan fingerprint density at radius 3 is 2.67 bits per heavy atom. The smallest absolute Gasteiger partial charge is 0.107 e. The summed E-state index contributed by atoms with van der Waals surface area (Å²) in [6, 6.07) is 0.338. The van der Waals surface area contributed by atoms with E-state index in [9.17, 15) is 0 Å². The molecule has 4 N–H and O–H groups in total. The first-order valence-electron chi connectivity index (χ1n) is 6.03. The van der Waals surface area contributed by atoms with Gasteiger partial charge >= 0.3 is 0 Å². The summed E-state index contributed by atoms with van der Waals surface area (Å²) in [7, 11) is 1.77. The summed E-state index contributed by atoms with van der Waals surface area (Å²) >= 11 is 0. The zero-order valence-corrected chi connectivity index (χ0v) is 9.54. The van der Waals surface area contributed by atoms with E-state index in [1.165, 1.54) is 12.8 Å². The van der Waals surface area contributed by atoms with Crippen LogP contribution in [-0.2, 0) is 4.74 Å². The fourth-order valence-corrected chi connectivity index (χ4v) is 2.91. The summed E-state index contributed by atoms with van der Waals surface area (Å²) in [5.41, 5.74) is 6.16. The average Bonchev–Trinajstić information content (AvgIpc) is 2.30. The lowest BCUT2D eigenvalue weighted by Crippen LogP contribution is -2.52. The first kappa shape index (κ1) is 11.3. The highest BCUT2D eigenvalue weighted by Crippen LogP contribution is 2.28. The predicted octanol–water partition coefficient (Wildman–Crippen LogP) is -0.105. The van der Waals surface area contributed by atoms with E-state index in [1.807, 2.05) is 0 Å². The van der Waals surface area contributed by atoms with E-state index in [2.05, 4.69) is 10.6 Å². The largest absolute Gasteiger partial charge is 0.367 e. The van der Waals surface area contributed by atoms with E-state index in [-0.39, 0.29) is 6.23 Å². The molecule has 15 heavy (non-hydrogen) atoms. The van der Waals surface area contributed by atoms with Crippen molar-refractivity contribution >= 4 is 0 Å². The van der Waals surface area contributed by atoms with Crippen LogP contribution >= 0.6 is 0 Å². The molecule has 88 valence electrons. The molecular formula is C11H23N3O. The Kier molecular flexibility index (Phi) is 3.97. The molecule has 4 nitrogen and oxygen atoms in total. The predicted molar refractivity (Wildman–Crippen MR) is 60.5 cm³/mol. The van der Waals surface area contributed by atoms with Crippen LogP contribution in [0.25, 0.3) is 0 Å². The molecule has 0 aromatic carbocycles. The van der Waals surface area contributed by atoms with Gasteiger partial charge in [0.2, 0.25) is 0 Å². The Morgan fingerprint density at radius 2 is 2.07 bits per heavy atom. The van der Waals surface area contributed by atoms with Gasteiger partial charge in [-0.3, -0.25) is 5.32 Å². The molecule has 2 aliphatic heterocycles. The van der Waals surface area contributed by atoms with Gasteiger partial charge in [0.1, 0.15) is 6.23 Å². The second-order valence-corrected chi connectivity index (χ2v) is 4.79. The molecule has 2 heterocycles. The molecule has 0 aromatic rings.